The second-order valence-electron chi connectivity index (χ2n) is 4.39. The van der Waals surface area contributed by atoms with E-state index in [1.807, 2.05) is 13.2 Å². The number of rotatable bonds is 4. The number of likely N-dealkylation sites (tertiary alicyclic amines) is 1. The zero-order chi connectivity index (χ0) is 9.90. The molecule has 0 spiro atoms. The zero-order valence-electron chi connectivity index (χ0n) is 8.92. The van der Waals surface area contributed by atoms with Gasteiger partial charge in [0.2, 0.25) is 0 Å². The Hall–Kier alpha value is 0.270. The topological polar surface area (TPSA) is 23.5 Å². The summed E-state index contributed by atoms with van der Waals surface area (Å²) in [6.45, 7) is 6.18. The van der Waals surface area contributed by atoms with Gasteiger partial charge in [0.15, 0.2) is 0 Å². The summed E-state index contributed by atoms with van der Waals surface area (Å²) in [6, 6.07) is 0.660. The lowest BCUT2D eigenvalue weighted by atomic mass is 10.1. The summed E-state index contributed by atoms with van der Waals surface area (Å²) in [5, 5.41) is 10.0. The molecule has 1 aliphatic rings. The molecule has 1 rings (SSSR count). The molecule has 2 unspecified atom stereocenters. The van der Waals surface area contributed by atoms with Crippen molar-refractivity contribution < 1.29 is 5.11 Å². The molecular weight excluding hydrogens is 182 g/mol. The quantitative estimate of drug-likeness (QED) is 0.750. The van der Waals surface area contributed by atoms with Crippen LogP contribution in [0.2, 0.25) is 0 Å². The molecule has 78 valence electrons. The van der Waals surface area contributed by atoms with Crippen LogP contribution in [0.3, 0.4) is 0 Å². The summed E-state index contributed by atoms with van der Waals surface area (Å²) in [5.74, 6) is 0.830. The molecule has 1 aliphatic heterocycles. The van der Waals surface area contributed by atoms with E-state index in [2.05, 4.69) is 11.8 Å². The van der Waals surface area contributed by atoms with Crippen LogP contribution < -0.4 is 0 Å². The molecule has 0 saturated carbocycles. The molecule has 2 nitrogen and oxygen atoms in total. The molecule has 0 amide bonds. The SMILES string of the molecule is CSCC(C)(O)CN1CCCC1C. The summed E-state index contributed by atoms with van der Waals surface area (Å²) >= 11 is 1.72. The van der Waals surface area contributed by atoms with E-state index in [0.29, 0.717) is 6.04 Å². The van der Waals surface area contributed by atoms with E-state index >= 15 is 0 Å². The number of β-amino-alcohol motifs (C(OH)–C–C–N with tert-alkyl or cyclic N) is 1. The summed E-state index contributed by atoms with van der Waals surface area (Å²) in [6.07, 6.45) is 4.62. The van der Waals surface area contributed by atoms with Crippen LogP contribution in [0.25, 0.3) is 0 Å². The fourth-order valence-corrected chi connectivity index (χ4v) is 2.73. The maximum absolute atomic E-state index is 10.0. The Morgan fingerprint density at radius 3 is 2.77 bits per heavy atom. The van der Waals surface area contributed by atoms with E-state index in [0.717, 1.165) is 18.8 Å². The highest BCUT2D eigenvalue weighted by molar-refractivity contribution is 7.98. The van der Waals surface area contributed by atoms with Crippen molar-refractivity contribution in [2.24, 2.45) is 0 Å². The van der Waals surface area contributed by atoms with Gasteiger partial charge in [-0.3, -0.25) is 4.90 Å². The van der Waals surface area contributed by atoms with Crippen molar-refractivity contribution >= 4 is 11.8 Å². The molecule has 1 fully saturated rings. The van der Waals surface area contributed by atoms with Crippen molar-refractivity contribution in [3.63, 3.8) is 0 Å². The molecule has 0 aromatic heterocycles. The third-order valence-corrected chi connectivity index (χ3v) is 3.60. The van der Waals surface area contributed by atoms with Crippen molar-refractivity contribution in [1.82, 2.24) is 4.90 Å². The van der Waals surface area contributed by atoms with Crippen LogP contribution in [0.15, 0.2) is 0 Å². The first-order valence-electron chi connectivity index (χ1n) is 5.00. The number of nitrogens with zero attached hydrogens (tertiary/aromatic N) is 1. The van der Waals surface area contributed by atoms with Gasteiger partial charge in [0.05, 0.1) is 5.60 Å². The Morgan fingerprint density at radius 1 is 1.62 bits per heavy atom. The molecule has 3 heteroatoms. The van der Waals surface area contributed by atoms with Crippen molar-refractivity contribution in [2.45, 2.75) is 38.3 Å². The lowest BCUT2D eigenvalue weighted by Gasteiger charge is -2.30. The molecule has 0 aromatic carbocycles. The summed E-state index contributed by atoms with van der Waals surface area (Å²) < 4.78 is 0. The largest absolute Gasteiger partial charge is 0.388 e. The molecule has 0 bridgehead atoms. The smallest absolute Gasteiger partial charge is 0.0835 e. The average Bonchev–Trinajstić information content (AvgIpc) is 2.35. The second-order valence-corrected chi connectivity index (χ2v) is 5.26. The maximum Gasteiger partial charge on any atom is 0.0835 e. The van der Waals surface area contributed by atoms with E-state index in [1.165, 1.54) is 12.8 Å². The Kier molecular flexibility index (Phi) is 4.07. The van der Waals surface area contributed by atoms with Crippen molar-refractivity contribution in [2.75, 3.05) is 25.1 Å². The van der Waals surface area contributed by atoms with E-state index in [9.17, 15) is 5.11 Å². The van der Waals surface area contributed by atoms with E-state index in [4.69, 9.17) is 0 Å². The summed E-state index contributed by atoms with van der Waals surface area (Å²) in [4.78, 5) is 2.40. The van der Waals surface area contributed by atoms with Gasteiger partial charge in [0.1, 0.15) is 0 Å². The average molecular weight is 203 g/mol. The van der Waals surface area contributed by atoms with Gasteiger partial charge in [-0.1, -0.05) is 0 Å². The Bertz CT molecular complexity index is 161. The Balaban J connectivity index is 2.37. The first kappa shape index (κ1) is 11.3. The molecule has 0 aromatic rings. The van der Waals surface area contributed by atoms with Crippen molar-refractivity contribution in [3.05, 3.63) is 0 Å². The molecule has 2 atom stereocenters. The second kappa shape index (κ2) is 4.67. The third kappa shape index (κ3) is 3.49. The fraction of sp³-hybridized carbons (Fsp3) is 1.00. The first-order chi connectivity index (χ1) is 6.05. The van der Waals surface area contributed by atoms with Gasteiger partial charge in [-0.05, 0) is 39.5 Å². The molecular formula is C10H21NOS. The lowest BCUT2D eigenvalue weighted by Crippen LogP contribution is -2.43. The number of hydrogen-bond donors (Lipinski definition) is 1. The van der Waals surface area contributed by atoms with Crippen LogP contribution in [0.4, 0.5) is 0 Å². The van der Waals surface area contributed by atoms with Gasteiger partial charge in [-0.25, -0.2) is 0 Å². The van der Waals surface area contributed by atoms with Gasteiger partial charge in [0, 0.05) is 18.3 Å². The Labute approximate surface area is 85.7 Å². The van der Waals surface area contributed by atoms with Gasteiger partial charge in [-0.2, -0.15) is 11.8 Å². The monoisotopic (exact) mass is 203 g/mol. The van der Waals surface area contributed by atoms with Crippen LogP contribution in [0.5, 0.6) is 0 Å². The highest BCUT2D eigenvalue weighted by Gasteiger charge is 2.28. The molecule has 13 heavy (non-hydrogen) atoms. The minimum atomic E-state index is -0.516. The van der Waals surface area contributed by atoms with Gasteiger partial charge in [0.25, 0.3) is 0 Å². The van der Waals surface area contributed by atoms with Crippen LogP contribution in [-0.2, 0) is 0 Å². The third-order valence-electron chi connectivity index (χ3n) is 2.69. The number of thioether (sulfide) groups is 1. The Morgan fingerprint density at radius 2 is 2.31 bits per heavy atom. The summed E-state index contributed by atoms with van der Waals surface area (Å²) in [7, 11) is 0. The fourth-order valence-electron chi connectivity index (χ4n) is 2.02. The van der Waals surface area contributed by atoms with Gasteiger partial charge in [-0.15, -0.1) is 0 Å². The van der Waals surface area contributed by atoms with Crippen LogP contribution in [0.1, 0.15) is 26.7 Å². The molecule has 1 N–H and O–H groups in total. The number of hydrogen-bond acceptors (Lipinski definition) is 3. The highest BCUT2D eigenvalue weighted by atomic mass is 32.2. The standard InChI is InChI=1S/C10H21NOS/c1-9-5-4-6-11(9)7-10(2,12)8-13-3/h9,12H,4-8H2,1-3H3. The van der Waals surface area contributed by atoms with E-state index in [1.54, 1.807) is 11.8 Å². The van der Waals surface area contributed by atoms with Crippen molar-refractivity contribution in [1.29, 1.82) is 0 Å². The zero-order valence-corrected chi connectivity index (χ0v) is 9.73. The predicted octanol–water partition coefficient (Wildman–Crippen LogP) is 1.58. The van der Waals surface area contributed by atoms with Crippen molar-refractivity contribution in [3.8, 4) is 0 Å². The minimum absolute atomic E-state index is 0.516. The van der Waals surface area contributed by atoms with Gasteiger partial charge < -0.3 is 5.11 Å². The normalized spacial score (nSPS) is 29.1. The van der Waals surface area contributed by atoms with Crippen LogP contribution in [-0.4, -0.2) is 46.7 Å². The van der Waals surface area contributed by atoms with Crippen LogP contribution in [0, 0.1) is 0 Å². The lowest BCUT2D eigenvalue weighted by molar-refractivity contribution is 0.0384. The maximum atomic E-state index is 10.0. The van der Waals surface area contributed by atoms with Gasteiger partial charge >= 0.3 is 0 Å². The van der Waals surface area contributed by atoms with E-state index in [-0.39, 0.29) is 0 Å². The summed E-state index contributed by atoms with van der Waals surface area (Å²) in [5.41, 5.74) is -0.516. The number of aliphatic hydroxyl groups is 1. The first-order valence-corrected chi connectivity index (χ1v) is 6.40. The molecule has 1 heterocycles. The molecule has 0 radical (unpaired) electrons. The predicted molar refractivity (Wildman–Crippen MR) is 59.3 cm³/mol. The molecule has 0 aliphatic carbocycles. The minimum Gasteiger partial charge on any atom is -0.388 e. The molecule has 1 saturated heterocycles. The van der Waals surface area contributed by atoms with Crippen LogP contribution >= 0.6 is 11.8 Å². The highest BCUT2D eigenvalue weighted by Crippen LogP contribution is 2.21. The van der Waals surface area contributed by atoms with E-state index < -0.39 is 5.60 Å².